The summed E-state index contributed by atoms with van der Waals surface area (Å²) in [7, 11) is 0. The van der Waals surface area contributed by atoms with Crippen molar-refractivity contribution in [3.63, 3.8) is 0 Å². The van der Waals surface area contributed by atoms with Crippen LogP contribution in [0.4, 0.5) is 0 Å². The van der Waals surface area contributed by atoms with Crippen molar-refractivity contribution in [2.24, 2.45) is 0 Å². The summed E-state index contributed by atoms with van der Waals surface area (Å²) >= 11 is 0. The molecule has 0 spiro atoms. The Kier molecular flexibility index (Phi) is 8.74. The van der Waals surface area contributed by atoms with E-state index in [1.54, 1.807) is 13.0 Å². The van der Waals surface area contributed by atoms with E-state index in [-0.39, 0.29) is 25.2 Å². The third-order valence-electron chi connectivity index (χ3n) is 3.61. The Hall–Kier alpha value is -1.36. The van der Waals surface area contributed by atoms with Crippen molar-refractivity contribution in [1.29, 1.82) is 0 Å². The van der Waals surface area contributed by atoms with Gasteiger partial charge in [-0.15, -0.1) is 6.58 Å². The van der Waals surface area contributed by atoms with Crippen LogP contribution in [0.5, 0.6) is 0 Å². The Labute approximate surface area is 127 Å². The van der Waals surface area contributed by atoms with Gasteiger partial charge in [-0.05, 0) is 19.8 Å². The molecule has 5 nitrogen and oxygen atoms in total. The molecule has 1 aliphatic rings. The lowest BCUT2D eigenvalue weighted by molar-refractivity contribution is -0.158. The van der Waals surface area contributed by atoms with Crippen LogP contribution in [0, 0.1) is 0 Å². The Balaban J connectivity index is 2.22. The van der Waals surface area contributed by atoms with Crippen LogP contribution in [0.15, 0.2) is 12.7 Å². The number of ether oxygens (including phenoxy) is 2. The maximum Gasteiger partial charge on any atom is 0.335 e. The molecule has 1 fully saturated rings. The van der Waals surface area contributed by atoms with Crippen LogP contribution in [0.1, 0.15) is 51.9 Å². The predicted octanol–water partition coefficient (Wildman–Crippen LogP) is 2.35. The first kappa shape index (κ1) is 17.7. The topological polar surface area (TPSA) is 64.6 Å². The molecule has 0 aromatic carbocycles. The Morgan fingerprint density at radius 2 is 1.86 bits per heavy atom. The van der Waals surface area contributed by atoms with E-state index in [1.807, 2.05) is 0 Å². The smallest absolute Gasteiger partial charge is 0.335 e. The van der Waals surface area contributed by atoms with Gasteiger partial charge in [-0.1, -0.05) is 38.2 Å². The SMILES string of the molecule is C=CCOC(C)C(=O)OCC(=O)NC1CCCCCCC1. The van der Waals surface area contributed by atoms with Gasteiger partial charge in [0.05, 0.1) is 6.61 Å². The quantitative estimate of drug-likeness (QED) is 0.579. The summed E-state index contributed by atoms with van der Waals surface area (Å²) in [6.07, 6.45) is 8.97. The molecule has 0 heterocycles. The Morgan fingerprint density at radius 1 is 1.24 bits per heavy atom. The van der Waals surface area contributed by atoms with Crippen LogP contribution in [-0.4, -0.2) is 37.2 Å². The molecule has 1 amide bonds. The van der Waals surface area contributed by atoms with Crippen molar-refractivity contribution in [3.05, 3.63) is 12.7 Å². The summed E-state index contributed by atoms with van der Waals surface area (Å²) in [5.41, 5.74) is 0. The highest BCUT2D eigenvalue weighted by Crippen LogP contribution is 2.16. The van der Waals surface area contributed by atoms with E-state index in [2.05, 4.69) is 11.9 Å². The van der Waals surface area contributed by atoms with Crippen molar-refractivity contribution in [3.8, 4) is 0 Å². The number of rotatable bonds is 7. The molecule has 0 saturated heterocycles. The fourth-order valence-corrected chi connectivity index (χ4v) is 2.40. The molecule has 120 valence electrons. The first-order valence-corrected chi connectivity index (χ1v) is 7.82. The van der Waals surface area contributed by atoms with Gasteiger partial charge >= 0.3 is 5.97 Å². The fourth-order valence-electron chi connectivity index (χ4n) is 2.40. The molecular weight excluding hydrogens is 270 g/mol. The van der Waals surface area contributed by atoms with Crippen LogP contribution < -0.4 is 5.32 Å². The number of carbonyl (C=O) groups excluding carboxylic acids is 2. The Morgan fingerprint density at radius 3 is 2.48 bits per heavy atom. The molecule has 1 unspecified atom stereocenters. The molecular formula is C16H27NO4. The first-order chi connectivity index (χ1) is 10.1. The summed E-state index contributed by atoms with van der Waals surface area (Å²) in [4.78, 5) is 23.4. The van der Waals surface area contributed by atoms with Gasteiger partial charge in [0, 0.05) is 6.04 Å². The third-order valence-corrected chi connectivity index (χ3v) is 3.61. The van der Waals surface area contributed by atoms with Crippen molar-refractivity contribution in [2.75, 3.05) is 13.2 Å². The van der Waals surface area contributed by atoms with Crippen molar-refractivity contribution in [1.82, 2.24) is 5.32 Å². The van der Waals surface area contributed by atoms with E-state index >= 15 is 0 Å². The fraction of sp³-hybridized carbons (Fsp3) is 0.750. The van der Waals surface area contributed by atoms with Crippen LogP contribution >= 0.6 is 0 Å². The standard InChI is InChI=1S/C16H27NO4/c1-3-11-20-13(2)16(19)21-12-15(18)17-14-9-7-5-4-6-8-10-14/h3,13-14H,1,4-12H2,2H3,(H,17,18). The van der Waals surface area contributed by atoms with E-state index in [0.717, 1.165) is 25.7 Å². The minimum Gasteiger partial charge on any atom is -0.454 e. The van der Waals surface area contributed by atoms with Crippen LogP contribution in [0.25, 0.3) is 0 Å². The molecule has 5 heteroatoms. The van der Waals surface area contributed by atoms with Gasteiger partial charge in [-0.3, -0.25) is 4.79 Å². The van der Waals surface area contributed by atoms with E-state index in [0.29, 0.717) is 0 Å². The lowest BCUT2D eigenvalue weighted by Crippen LogP contribution is -2.38. The van der Waals surface area contributed by atoms with E-state index in [4.69, 9.17) is 9.47 Å². The molecule has 0 aliphatic heterocycles. The van der Waals surface area contributed by atoms with Gasteiger partial charge in [0.25, 0.3) is 5.91 Å². The van der Waals surface area contributed by atoms with Gasteiger partial charge in [0.2, 0.25) is 0 Å². The second-order valence-electron chi connectivity index (χ2n) is 5.48. The molecule has 1 atom stereocenters. The molecule has 0 radical (unpaired) electrons. The summed E-state index contributed by atoms with van der Waals surface area (Å²) < 4.78 is 10.1. The predicted molar refractivity (Wildman–Crippen MR) is 80.8 cm³/mol. The van der Waals surface area contributed by atoms with E-state index in [1.165, 1.54) is 19.3 Å². The van der Waals surface area contributed by atoms with Gasteiger partial charge in [0.1, 0.15) is 0 Å². The number of nitrogens with one attached hydrogen (secondary N) is 1. The average molecular weight is 297 g/mol. The molecule has 1 N–H and O–H groups in total. The molecule has 0 aromatic heterocycles. The van der Waals surface area contributed by atoms with Gasteiger partial charge in [0.15, 0.2) is 12.7 Å². The minimum atomic E-state index is -0.683. The zero-order chi connectivity index (χ0) is 15.5. The number of amides is 1. The maximum atomic E-state index is 11.8. The van der Waals surface area contributed by atoms with Gasteiger partial charge in [-0.2, -0.15) is 0 Å². The highest BCUT2D eigenvalue weighted by Gasteiger charge is 2.18. The summed E-state index contributed by atoms with van der Waals surface area (Å²) in [5.74, 6) is -0.755. The minimum absolute atomic E-state index is 0.214. The molecule has 1 rings (SSSR count). The van der Waals surface area contributed by atoms with Crippen LogP contribution in [0.2, 0.25) is 0 Å². The monoisotopic (exact) mass is 297 g/mol. The lowest BCUT2D eigenvalue weighted by Gasteiger charge is -2.21. The number of esters is 1. The molecule has 0 bridgehead atoms. The average Bonchev–Trinajstić information content (AvgIpc) is 2.44. The summed E-state index contributed by atoms with van der Waals surface area (Å²) in [6, 6.07) is 0.214. The van der Waals surface area contributed by atoms with Crippen molar-refractivity contribution < 1.29 is 19.1 Å². The number of carbonyl (C=O) groups is 2. The van der Waals surface area contributed by atoms with Crippen molar-refractivity contribution in [2.45, 2.75) is 64.0 Å². The number of hydrogen-bond donors (Lipinski definition) is 1. The highest BCUT2D eigenvalue weighted by atomic mass is 16.6. The van der Waals surface area contributed by atoms with Crippen molar-refractivity contribution >= 4 is 11.9 Å². The van der Waals surface area contributed by atoms with Crippen LogP contribution in [-0.2, 0) is 19.1 Å². The second-order valence-corrected chi connectivity index (χ2v) is 5.48. The third kappa shape index (κ3) is 7.85. The first-order valence-electron chi connectivity index (χ1n) is 7.82. The van der Waals surface area contributed by atoms with Gasteiger partial charge in [-0.25, -0.2) is 4.79 Å². The Bertz CT molecular complexity index is 335. The normalized spacial score (nSPS) is 18.1. The molecule has 0 aromatic rings. The number of hydrogen-bond acceptors (Lipinski definition) is 4. The zero-order valence-corrected chi connectivity index (χ0v) is 12.9. The lowest BCUT2D eigenvalue weighted by atomic mass is 9.97. The maximum absolute atomic E-state index is 11.8. The summed E-state index contributed by atoms with van der Waals surface area (Å²) in [6.45, 7) is 5.14. The molecule has 1 saturated carbocycles. The molecule has 21 heavy (non-hydrogen) atoms. The van der Waals surface area contributed by atoms with E-state index < -0.39 is 12.1 Å². The van der Waals surface area contributed by atoms with Crippen LogP contribution in [0.3, 0.4) is 0 Å². The largest absolute Gasteiger partial charge is 0.454 e. The van der Waals surface area contributed by atoms with Gasteiger partial charge < -0.3 is 14.8 Å². The second kappa shape index (κ2) is 10.4. The summed E-state index contributed by atoms with van der Waals surface area (Å²) in [5, 5.41) is 2.95. The highest BCUT2D eigenvalue weighted by molar-refractivity contribution is 5.82. The molecule has 1 aliphatic carbocycles. The van der Waals surface area contributed by atoms with E-state index in [9.17, 15) is 9.59 Å². The zero-order valence-electron chi connectivity index (χ0n) is 12.9.